The fourth-order valence-corrected chi connectivity index (χ4v) is 2.36. The van der Waals surface area contributed by atoms with Gasteiger partial charge in [-0.3, -0.25) is 4.68 Å². The Balaban J connectivity index is 2.01. The molecule has 4 nitrogen and oxygen atoms in total. The second-order valence-electron chi connectivity index (χ2n) is 5.49. The van der Waals surface area contributed by atoms with Gasteiger partial charge in [-0.05, 0) is 23.6 Å². The van der Waals surface area contributed by atoms with Crippen LogP contribution in [0.5, 0.6) is 0 Å². The lowest BCUT2D eigenvalue weighted by molar-refractivity contribution is 0.269. The third-order valence-corrected chi connectivity index (χ3v) is 3.44. The molecular formula is C16H22FN3O. The van der Waals surface area contributed by atoms with Crippen molar-refractivity contribution in [2.24, 2.45) is 5.92 Å². The highest BCUT2D eigenvalue weighted by Crippen LogP contribution is 2.22. The van der Waals surface area contributed by atoms with Gasteiger partial charge in [0.15, 0.2) is 0 Å². The molecule has 0 amide bonds. The van der Waals surface area contributed by atoms with E-state index in [1.54, 1.807) is 10.9 Å². The molecule has 0 aliphatic carbocycles. The summed E-state index contributed by atoms with van der Waals surface area (Å²) in [5.41, 5.74) is 2.14. The van der Waals surface area contributed by atoms with E-state index in [-0.39, 0.29) is 18.5 Å². The molecule has 2 N–H and O–H groups in total. The maximum atomic E-state index is 13.0. The molecule has 5 heteroatoms. The highest BCUT2D eigenvalue weighted by atomic mass is 19.1. The van der Waals surface area contributed by atoms with E-state index in [0.717, 1.165) is 11.1 Å². The van der Waals surface area contributed by atoms with Crippen LogP contribution in [0.25, 0.3) is 0 Å². The second kappa shape index (κ2) is 7.33. The van der Waals surface area contributed by atoms with Gasteiger partial charge < -0.3 is 10.4 Å². The molecule has 0 spiro atoms. The van der Waals surface area contributed by atoms with E-state index in [9.17, 15) is 4.39 Å². The minimum atomic E-state index is -0.216. The topological polar surface area (TPSA) is 50.1 Å². The number of hydrogen-bond donors (Lipinski definition) is 2. The van der Waals surface area contributed by atoms with Crippen LogP contribution >= 0.6 is 0 Å². The summed E-state index contributed by atoms with van der Waals surface area (Å²) in [6.07, 6.45) is 3.72. The van der Waals surface area contributed by atoms with Crippen LogP contribution in [0.1, 0.15) is 31.0 Å². The quantitative estimate of drug-likeness (QED) is 0.824. The van der Waals surface area contributed by atoms with Crippen LogP contribution in [0.2, 0.25) is 0 Å². The van der Waals surface area contributed by atoms with Crippen molar-refractivity contribution in [2.75, 3.05) is 6.61 Å². The van der Waals surface area contributed by atoms with Gasteiger partial charge in [-0.1, -0.05) is 26.0 Å². The van der Waals surface area contributed by atoms with Crippen LogP contribution in [0.3, 0.4) is 0 Å². The van der Waals surface area contributed by atoms with Crippen LogP contribution in [0, 0.1) is 11.7 Å². The first kappa shape index (κ1) is 15.7. The lowest BCUT2D eigenvalue weighted by Crippen LogP contribution is -2.25. The van der Waals surface area contributed by atoms with Gasteiger partial charge in [0.1, 0.15) is 5.82 Å². The van der Waals surface area contributed by atoms with E-state index in [1.165, 1.54) is 12.1 Å². The third kappa shape index (κ3) is 4.37. The van der Waals surface area contributed by atoms with Gasteiger partial charge in [0.25, 0.3) is 0 Å². The standard InChI is InChI=1S/C16H22FN3O/c1-12(2)16(14-3-5-15(17)6-4-14)18-9-13-10-19-20(11-13)7-8-21/h3-6,10-12,16,18,21H,7-9H2,1-2H3. The normalized spacial score (nSPS) is 12.8. The molecule has 0 radical (unpaired) electrons. The van der Waals surface area contributed by atoms with Gasteiger partial charge >= 0.3 is 0 Å². The number of benzene rings is 1. The predicted molar refractivity (Wildman–Crippen MR) is 80.1 cm³/mol. The minimum Gasteiger partial charge on any atom is -0.394 e. The minimum absolute atomic E-state index is 0.0821. The zero-order chi connectivity index (χ0) is 15.2. The monoisotopic (exact) mass is 291 g/mol. The summed E-state index contributed by atoms with van der Waals surface area (Å²) in [5, 5.41) is 16.6. The molecule has 2 aromatic rings. The molecule has 0 aliphatic heterocycles. The van der Waals surface area contributed by atoms with Gasteiger partial charge in [0, 0.05) is 24.3 Å². The molecule has 114 valence electrons. The largest absolute Gasteiger partial charge is 0.394 e. The summed E-state index contributed by atoms with van der Waals surface area (Å²) < 4.78 is 14.7. The van der Waals surface area contributed by atoms with Crippen LogP contribution < -0.4 is 5.32 Å². The summed E-state index contributed by atoms with van der Waals surface area (Å²) in [6, 6.07) is 6.79. The maximum Gasteiger partial charge on any atom is 0.123 e. The van der Waals surface area contributed by atoms with E-state index in [4.69, 9.17) is 5.11 Å². The number of nitrogens with one attached hydrogen (secondary N) is 1. The molecule has 1 atom stereocenters. The Kier molecular flexibility index (Phi) is 5.47. The van der Waals surface area contributed by atoms with E-state index in [0.29, 0.717) is 19.0 Å². The van der Waals surface area contributed by atoms with Crippen molar-refractivity contribution in [1.82, 2.24) is 15.1 Å². The summed E-state index contributed by atoms with van der Waals surface area (Å²) in [5.74, 6) is 0.175. The molecule has 1 unspecified atom stereocenters. The van der Waals surface area contributed by atoms with Crippen molar-refractivity contribution in [1.29, 1.82) is 0 Å². The van der Waals surface area contributed by atoms with E-state index in [1.807, 2.05) is 18.3 Å². The average Bonchev–Trinajstić information content (AvgIpc) is 2.89. The molecule has 0 saturated carbocycles. The van der Waals surface area contributed by atoms with Crippen LogP contribution in [-0.4, -0.2) is 21.5 Å². The Morgan fingerprint density at radius 3 is 2.62 bits per heavy atom. The average molecular weight is 291 g/mol. The highest BCUT2D eigenvalue weighted by Gasteiger charge is 2.15. The van der Waals surface area contributed by atoms with Gasteiger partial charge in [-0.15, -0.1) is 0 Å². The lowest BCUT2D eigenvalue weighted by Gasteiger charge is -2.22. The first-order valence-corrected chi connectivity index (χ1v) is 7.21. The van der Waals surface area contributed by atoms with Crippen molar-refractivity contribution in [2.45, 2.75) is 33.0 Å². The van der Waals surface area contributed by atoms with Gasteiger partial charge in [-0.25, -0.2) is 4.39 Å². The number of nitrogens with zero attached hydrogens (tertiary/aromatic N) is 2. The zero-order valence-electron chi connectivity index (χ0n) is 12.5. The van der Waals surface area contributed by atoms with Gasteiger partial charge in [0.05, 0.1) is 19.3 Å². The molecule has 0 aliphatic rings. The molecule has 0 bridgehead atoms. The highest BCUT2D eigenvalue weighted by molar-refractivity contribution is 5.20. The summed E-state index contributed by atoms with van der Waals surface area (Å²) in [6.45, 7) is 5.54. The summed E-state index contributed by atoms with van der Waals surface area (Å²) in [7, 11) is 0. The Hall–Kier alpha value is -1.72. The van der Waals surface area contributed by atoms with Gasteiger partial charge in [-0.2, -0.15) is 5.10 Å². The van der Waals surface area contributed by atoms with Gasteiger partial charge in [0.2, 0.25) is 0 Å². The van der Waals surface area contributed by atoms with Crippen molar-refractivity contribution in [3.05, 3.63) is 53.6 Å². The number of aliphatic hydroxyl groups excluding tert-OH is 1. The SMILES string of the molecule is CC(C)C(NCc1cnn(CCO)c1)c1ccc(F)cc1. The second-order valence-corrected chi connectivity index (χ2v) is 5.49. The van der Waals surface area contributed by atoms with Crippen molar-refractivity contribution >= 4 is 0 Å². The smallest absolute Gasteiger partial charge is 0.123 e. The molecule has 21 heavy (non-hydrogen) atoms. The van der Waals surface area contributed by atoms with Crippen LogP contribution in [-0.2, 0) is 13.1 Å². The van der Waals surface area contributed by atoms with E-state index in [2.05, 4.69) is 24.3 Å². The van der Waals surface area contributed by atoms with E-state index >= 15 is 0 Å². The number of aromatic nitrogens is 2. The molecule has 1 aromatic heterocycles. The number of rotatable bonds is 7. The Morgan fingerprint density at radius 1 is 1.29 bits per heavy atom. The van der Waals surface area contributed by atoms with Crippen molar-refractivity contribution < 1.29 is 9.50 Å². The number of aliphatic hydroxyl groups is 1. The molecule has 0 fully saturated rings. The fourth-order valence-electron chi connectivity index (χ4n) is 2.36. The fraction of sp³-hybridized carbons (Fsp3) is 0.438. The lowest BCUT2D eigenvalue weighted by atomic mass is 9.96. The van der Waals surface area contributed by atoms with Crippen LogP contribution in [0.4, 0.5) is 4.39 Å². The number of hydrogen-bond acceptors (Lipinski definition) is 3. The molecule has 1 heterocycles. The Bertz CT molecular complexity index is 551. The summed E-state index contributed by atoms with van der Waals surface area (Å²) in [4.78, 5) is 0. The maximum absolute atomic E-state index is 13.0. The van der Waals surface area contributed by atoms with E-state index < -0.39 is 0 Å². The molecule has 1 aromatic carbocycles. The Morgan fingerprint density at radius 2 is 2.00 bits per heavy atom. The Labute approximate surface area is 124 Å². The number of halogens is 1. The van der Waals surface area contributed by atoms with Crippen molar-refractivity contribution in [3.63, 3.8) is 0 Å². The molecular weight excluding hydrogens is 269 g/mol. The molecule has 2 rings (SSSR count). The summed E-state index contributed by atoms with van der Waals surface area (Å²) >= 11 is 0. The third-order valence-electron chi connectivity index (χ3n) is 3.44. The predicted octanol–water partition coefficient (Wildman–Crippen LogP) is 2.50. The van der Waals surface area contributed by atoms with Crippen molar-refractivity contribution in [3.8, 4) is 0 Å². The molecule has 0 saturated heterocycles. The first-order valence-electron chi connectivity index (χ1n) is 7.21. The van der Waals surface area contributed by atoms with Crippen LogP contribution in [0.15, 0.2) is 36.7 Å². The first-order chi connectivity index (χ1) is 10.1. The zero-order valence-corrected chi connectivity index (χ0v) is 12.5.